The van der Waals surface area contributed by atoms with Crippen molar-refractivity contribution in [1.29, 1.82) is 0 Å². The highest BCUT2D eigenvalue weighted by Gasteiger charge is 2.16. The van der Waals surface area contributed by atoms with Gasteiger partial charge < -0.3 is 10.5 Å². The molecule has 16 heavy (non-hydrogen) atoms. The first-order chi connectivity index (χ1) is 7.77. The summed E-state index contributed by atoms with van der Waals surface area (Å²) in [6, 6.07) is 0.161. The second-order valence-electron chi connectivity index (χ2n) is 4.47. The number of aryl methyl sites for hydroxylation is 1. The van der Waals surface area contributed by atoms with Gasteiger partial charge in [-0.2, -0.15) is 0 Å². The summed E-state index contributed by atoms with van der Waals surface area (Å²) in [5.41, 5.74) is 9.13. The lowest BCUT2D eigenvalue weighted by atomic mass is 10.0. The van der Waals surface area contributed by atoms with Crippen molar-refractivity contribution in [2.45, 2.75) is 51.2 Å². The third-order valence-corrected chi connectivity index (χ3v) is 4.25. The van der Waals surface area contributed by atoms with Crippen molar-refractivity contribution in [3.8, 4) is 0 Å². The van der Waals surface area contributed by atoms with Crippen LogP contribution in [-0.2, 0) is 4.74 Å². The van der Waals surface area contributed by atoms with Gasteiger partial charge in [0.1, 0.15) is 0 Å². The molecule has 1 saturated heterocycles. The first-order valence-electron chi connectivity index (χ1n) is 6.04. The molecule has 0 amide bonds. The molecule has 4 heteroatoms. The van der Waals surface area contributed by atoms with Gasteiger partial charge in [0.05, 0.1) is 17.3 Å². The van der Waals surface area contributed by atoms with Gasteiger partial charge in [-0.05, 0) is 39.0 Å². The SMILES string of the molecule is Cc1ncsc1C(N)CCCC1CCCO1. The van der Waals surface area contributed by atoms with Gasteiger partial charge in [-0.3, -0.25) is 0 Å². The molecule has 0 spiro atoms. The van der Waals surface area contributed by atoms with Crippen LogP contribution in [0, 0.1) is 6.92 Å². The van der Waals surface area contributed by atoms with Crippen LogP contribution in [0.3, 0.4) is 0 Å². The van der Waals surface area contributed by atoms with E-state index in [1.807, 2.05) is 12.4 Å². The predicted molar refractivity (Wildman–Crippen MR) is 66.6 cm³/mol. The molecule has 0 saturated carbocycles. The highest BCUT2D eigenvalue weighted by Crippen LogP contribution is 2.25. The van der Waals surface area contributed by atoms with Crippen molar-refractivity contribution in [2.24, 2.45) is 5.73 Å². The Kier molecular flexibility index (Phi) is 4.32. The number of nitrogens with two attached hydrogens (primary N) is 1. The van der Waals surface area contributed by atoms with Crippen molar-refractivity contribution in [1.82, 2.24) is 4.98 Å². The molecule has 2 N–H and O–H groups in total. The van der Waals surface area contributed by atoms with Crippen molar-refractivity contribution < 1.29 is 4.74 Å². The molecule has 1 aromatic rings. The minimum absolute atomic E-state index is 0.161. The Bertz CT molecular complexity index is 321. The Morgan fingerprint density at radius 2 is 2.56 bits per heavy atom. The van der Waals surface area contributed by atoms with E-state index in [0.29, 0.717) is 6.10 Å². The zero-order valence-electron chi connectivity index (χ0n) is 9.82. The maximum Gasteiger partial charge on any atom is 0.0798 e. The van der Waals surface area contributed by atoms with E-state index in [4.69, 9.17) is 10.5 Å². The first kappa shape index (κ1) is 12.0. The van der Waals surface area contributed by atoms with Crippen molar-refractivity contribution in [3.63, 3.8) is 0 Å². The number of aromatic nitrogens is 1. The Labute approximate surface area is 101 Å². The lowest BCUT2D eigenvalue weighted by molar-refractivity contribution is 0.101. The maximum absolute atomic E-state index is 6.15. The number of nitrogens with zero attached hydrogens (tertiary/aromatic N) is 1. The van der Waals surface area contributed by atoms with Crippen LogP contribution < -0.4 is 5.73 Å². The van der Waals surface area contributed by atoms with Gasteiger partial charge in [-0.15, -0.1) is 11.3 Å². The maximum atomic E-state index is 6.15. The van der Waals surface area contributed by atoms with E-state index >= 15 is 0 Å². The number of hydrogen-bond donors (Lipinski definition) is 1. The van der Waals surface area contributed by atoms with Crippen LogP contribution in [0.15, 0.2) is 5.51 Å². The minimum Gasteiger partial charge on any atom is -0.378 e. The highest BCUT2D eigenvalue weighted by atomic mass is 32.1. The Hall–Kier alpha value is -0.450. The molecule has 1 fully saturated rings. The first-order valence-corrected chi connectivity index (χ1v) is 6.92. The van der Waals surface area contributed by atoms with Gasteiger partial charge in [0, 0.05) is 17.5 Å². The zero-order chi connectivity index (χ0) is 11.4. The summed E-state index contributed by atoms with van der Waals surface area (Å²) in [5, 5.41) is 0. The van der Waals surface area contributed by atoms with Crippen LogP contribution >= 0.6 is 11.3 Å². The smallest absolute Gasteiger partial charge is 0.0798 e. The molecule has 2 heterocycles. The molecule has 0 radical (unpaired) electrons. The third-order valence-electron chi connectivity index (χ3n) is 3.18. The Balaban J connectivity index is 1.71. The minimum atomic E-state index is 0.161. The van der Waals surface area contributed by atoms with E-state index in [-0.39, 0.29) is 6.04 Å². The molecular weight excluding hydrogens is 220 g/mol. The van der Waals surface area contributed by atoms with Crippen LogP contribution in [0.1, 0.15) is 48.7 Å². The Morgan fingerprint density at radius 1 is 1.69 bits per heavy atom. The van der Waals surface area contributed by atoms with Crippen LogP contribution in [0.25, 0.3) is 0 Å². The number of ether oxygens (including phenoxy) is 1. The van der Waals surface area contributed by atoms with Crippen LogP contribution in [-0.4, -0.2) is 17.7 Å². The van der Waals surface area contributed by atoms with Gasteiger partial charge >= 0.3 is 0 Å². The van der Waals surface area contributed by atoms with Gasteiger partial charge in [-0.1, -0.05) is 0 Å². The molecule has 1 aromatic heterocycles. The summed E-state index contributed by atoms with van der Waals surface area (Å²) in [5.74, 6) is 0. The lowest BCUT2D eigenvalue weighted by Crippen LogP contribution is -2.12. The zero-order valence-corrected chi connectivity index (χ0v) is 10.6. The molecule has 2 rings (SSSR count). The second-order valence-corrected chi connectivity index (χ2v) is 5.36. The molecule has 0 aromatic carbocycles. The summed E-state index contributed by atoms with van der Waals surface area (Å²) in [7, 11) is 0. The van der Waals surface area contributed by atoms with Gasteiger partial charge in [-0.25, -0.2) is 4.98 Å². The summed E-state index contributed by atoms with van der Waals surface area (Å²) in [6.07, 6.45) is 6.31. The van der Waals surface area contributed by atoms with Crippen LogP contribution in [0.2, 0.25) is 0 Å². The van der Waals surface area contributed by atoms with E-state index < -0.39 is 0 Å². The monoisotopic (exact) mass is 240 g/mol. The molecule has 0 bridgehead atoms. The van der Waals surface area contributed by atoms with E-state index in [2.05, 4.69) is 4.98 Å². The fraction of sp³-hybridized carbons (Fsp3) is 0.750. The summed E-state index contributed by atoms with van der Waals surface area (Å²) < 4.78 is 5.60. The quantitative estimate of drug-likeness (QED) is 0.861. The average Bonchev–Trinajstić information content (AvgIpc) is 2.88. The van der Waals surface area contributed by atoms with E-state index in [1.165, 1.54) is 17.7 Å². The second kappa shape index (κ2) is 5.75. The molecule has 2 unspecified atom stereocenters. The van der Waals surface area contributed by atoms with Crippen molar-refractivity contribution in [2.75, 3.05) is 6.61 Å². The molecule has 3 nitrogen and oxygen atoms in total. The summed E-state index contributed by atoms with van der Waals surface area (Å²) >= 11 is 1.67. The molecule has 1 aliphatic rings. The predicted octanol–water partition coefficient (Wildman–Crippen LogP) is 2.80. The number of thiazole rings is 1. The fourth-order valence-corrected chi connectivity index (χ4v) is 3.08. The van der Waals surface area contributed by atoms with E-state index in [0.717, 1.165) is 31.6 Å². The molecule has 0 aliphatic carbocycles. The molecular formula is C12H20N2OS. The largest absolute Gasteiger partial charge is 0.378 e. The van der Waals surface area contributed by atoms with Crippen molar-refractivity contribution in [3.05, 3.63) is 16.1 Å². The fourth-order valence-electron chi connectivity index (χ4n) is 2.24. The highest BCUT2D eigenvalue weighted by molar-refractivity contribution is 7.09. The Morgan fingerprint density at radius 3 is 3.19 bits per heavy atom. The molecule has 2 atom stereocenters. The van der Waals surface area contributed by atoms with Gasteiger partial charge in [0.15, 0.2) is 0 Å². The number of rotatable bonds is 5. The van der Waals surface area contributed by atoms with Gasteiger partial charge in [0.25, 0.3) is 0 Å². The van der Waals surface area contributed by atoms with Gasteiger partial charge in [0.2, 0.25) is 0 Å². The van der Waals surface area contributed by atoms with Crippen LogP contribution in [0.4, 0.5) is 0 Å². The number of hydrogen-bond acceptors (Lipinski definition) is 4. The van der Waals surface area contributed by atoms with E-state index in [1.54, 1.807) is 11.3 Å². The van der Waals surface area contributed by atoms with Crippen molar-refractivity contribution >= 4 is 11.3 Å². The summed E-state index contributed by atoms with van der Waals surface area (Å²) in [6.45, 7) is 2.98. The molecule has 1 aliphatic heterocycles. The van der Waals surface area contributed by atoms with E-state index in [9.17, 15) is 0 Å². The molecule has 90 valence electrons. The summed E-state index contributed by atoms with van der Waals surface area (Å²) in [4.78, 5) is 5.48. The lowest BCUT2D eigenvalue weighted by Gasteiger charge is -2.12. The average molecular weight is 240 g/mol. The topological polar surface area (TPSA) is 48.1 Å². The normalized spacial score (nSPS) is 22.5. The third kappa shape index (κ3) is 3.03. The standard InChI is InChI=1S/C12H20N2OS/c1-9-12(16-8-14-9)11(13)6-2-4-10-5-3-7-15-10/h8,10-11H,2-7,13H2,1H3. The van der Waals surface area contributed by atoms with Crippen LogP contribution in [0.5, 0.6) is 0 Å².